The Kier molecular flexibility index (Phi) is 4.35. The van der Waals surface area contributed by atoms with Crippen LogP contribution < -0.4 is 21.3 Å². The highest BCUT2D eigenvalue weighted by Crippen LogP contribution is 2.28. The number of hydrogen-bond acceptors (Lipinski definition) is 8. The van der Waals surface area contributed by atoms with Crippen LogP contribution >= 0.6 is 0 Å². The molecule has 8 heteroatoms. The first-order valence-electron chi connectivity index (χ1n) is 7.64. The van der Waals surface area contributed by atoms with Crippen molar-refractivity contribution in [2.45, 2.75) is 44.7 Å². The first-order valence-corrected chi connectivity index (χ1v) is 7.64. The Hall–Kier alpha value is -1.67. The molecule has 8 nitrogen and oxygen atoms in total. The fraction of sp³-hybridized carbons (Fsp3) is 0.769. The third-order valence-electron chi connectivity index (χ3n) is 4.17. The number of piperidine rings is 1. The van der Waals surface area contributed by atoms with Gasteiger partial charge in [0.2, 0.25) is 11.9 Å². The second kappa shape index (κ2) is 6.40. The summed E-state index contributed by atoms with van der Waals surface area (Å²) in [6, 6.07) is 1.39. The van der Waals surface area contributed by atoms with E-state index in [1.54, 1.807) is 0 Å². The van der Waals surface area contributed by atoms with E-state index in [-0.39, 0.29) is 0 Å². The average molecular weight is 293 g/mol. The topological polar surface area (TPSA) is 101 Å². The van der Waals surface area contributed by atoms with Gasteiger partial charge in [-0.25, -0.2) is 5.84 Å². The van der Waals surface area contributed by atoms with E-state index in [1.807, 2.05) is 6.92 Å². The summed E-state index contributed by atoms with van der Waals surface area (Å²) in [5, 5.41) is 3.40. The Bertz CT molecular complexity index is 484. The van der Waals surface area contributed by atoms with E-state index in [9.17, 15) is 0 Å². The minimum Gasteiger partial charge on any atom is -0.464 e. The molecule has 0 bridgehead atoms. The zero-order valence-corrected chi connectivity index (χ0v) is 12.4. The van der Waals surface area contributed by atoms with Gasteiger partial charge in [0.25, 0.3) is 0 Å². The van der Waals surface area contributed by atoms with Crippen molar-refractivity contribution in [1.29, 1.82) is 0 Å². The molecule has 0 radical (unpaired) electrons. The SMILES string of the molecule is CCOc1nc(NN)nc(NC2CCN3CCCC3C2)n1. The monoisotopic (exact) mass is 293 g/mol. The van der Waals surface area contributed by atoms with Gasteiger partial charge in [-0.1, -0.05) is 0 Å². The molecule has 0 aliphatic carbocycles. The number of rotatable bonds is 5. The summed E-state index contributed by atoms with van der Waals surface area (Å²) >= 11 is 0. The summed E-state index contributed by atoms with van der Waals surface area (Å²) in [6.07, 6.45) is 4.87. The third-order valence-corrected chi connectivity index (χ3v) is 4.17. The number of aromatic nitrogens is 3. The minimum absolute atomic E-state index is 0.293. The van der Waals surface area contributed by atoms with Crippen molar-refractivity contribution in [3.63, 3.8) is 0 Å². The van der Waals surface area contributed by atoms with Gasteiger partial charge in [-0.15, -0.1) is 0 Å². The Morgan fingerprint density at radius 1 is 1.24 bits per heavy atom. The first kappa shape index (κ1) is 14.3. The molecule has 21 heavy (non-hydrogen) atoms. The molecule has 2 aliphatic heterocycles. The fourth-order valence-electron chi connectivity index (χ4n) is 3.22. The number of nitrogen functional groups attached to an aromatic ring is 1. The van der Waals surface area contributed by atoms with Crippen LogP contribution in [0.15, 0.2) is 0 Å². The number of nitrogens with zero attached hydrogens (tertiary/aromatic N) is 4. The molecular formula is C13H23N7O. The van der Waals surface area contributed by atoms with E-state index in [4.69, 9.17) is 10.6 Å². The molecule has 2 atom stereocenters. The molecule has 2 fully saturated rings. The van der Waals surface area contributed by atoms with Gasteiger partial charge in [-0.2, -0.15) is 15.0 Å². The smallest absolute Gasteiger partial charge is 0.323 e. The van der Waals surface area contributed by atoms with Gasteiger partial charge in [-0.3, -0.25) is 5.43 Å². The van der Waals surface area contributed by atoms with E-state index in [0.717, 1.165) is 19.4 Å². The molecule has 3 rings (SSSR count). The van der Waals surface area contributed by atoms with Gasteiger partial charge in [0.15, 0.2) is 0 Å². The van der Waals surface area contributed by atoms with Crippen molar-refractivity contribution in [1.82, 2.24) is 19.9 Å². The summed E-state index contributed by atoms with van der Waals surface area (Å²) in [5.74, 6) is 6.23. The summed E-state index contributed by atoms with van der Waals surface area (Å²) < 4.78 is 5.34. The molecule has 1 aromatic heterocycles. The molecule has 116 valence electrons. The fourth-order valence-corrected chi connectivity index (χ4v) is 3.22. The molecule has 2 aliphatic rings. The highest BCUT2D eigenvalue weighted by Gasteiger charge is 2.31. The molecule has 0 amide bonds. The van der Waals surface area contributed by atoms with Crippen LogP contribution in [0.25, 0.3) is 0 Å². The maximum absolute atomic E-state index is 5.39. The zero-order chi connectivity index (χ0) is 14.7. The number of anilines is 2. The largest absolute Gasteiger partial charge is 0.464 e. The quantitative estimate of drug-likeness (QED) is 0.536. The summed E-state index contributed by atoms with van der Waals surface area (Å²) in [5.41, 5.74) is 2.45. The summed E-state index contributed by atoms with van der Waals surface area (Å²) in [6.45, 7) is 4.79. The Balaban J connectivity index is 1.67. The zero-order valence-electron chi connectivity index (χ0n) is 12.4. The lowest BCUT2D eigenvalue weighted by molar-refractivity contribution is 0.187. The first-order chi connectivity index (χ1) is 10.3. The number of fused-ring (bicyclic) bond motifs is 1. The maximum atomic E-state index is 5.39. The van der Waals surface area contributed by atoms with Crippen LogP contribution in [-0.2, 0) is 0 Å². The second-order valence-corrected chi connectivity index (χ2v) is 5.54. The van der Waals surface area contributed by atoms with Crippen LogP contribution in [0.2, 0.25) is 0 Å². The molecular weight excluding hydrogens is 270 g/mol. The lowest BCUT2D eigenvalue weighted by Gasteiger charge is -2.35. The average Bonchev–Trinajstić information content (AvgIpc) is 2.95. The standard InChI is InChI=1S/C13H23N7O/c1-2-21-13-17-11(16-12(18-13)19-14)15-9-5-7-20-6-3-4-10(20)8-9/h9-10H,2-8,14H2,1H3,(H2,15,16,17,18,19). The van der Waals surface area contributed by atoms with Crippen molar-refractivity contribution in [2.24, 2.45) is 5.84 Å². The van der Waals surface area contributed by atoms with Gasteiger partial charge in [-0.05, 0) is 39.2 Å². The van der Waals surface area contributed by atoms with Crippen molar-refractivity contribution in [3.05, 3.63) is 0 Å². The van der Waals surface area contributed by atoms with Crippen LogP contribution in [0.3, 0.4) is 0 Å². The van der Waals surface area contributed by atoms with E-state index in [2.05, 4.69) is 30.6 Å². The van der Waals surface area contributed by atoms with Gasteiger partial charge < -0.3 is 15.0 Å². The highest BCUT2D eigenvalue weighted by molar-refractivity contribution is 5.36. The predicted octanol–water partition coefficient (Wildman–Crippen LogP) is 0.595. The molecule has 0 spiro atoms. The lowest BCUT2D eigenvalue weighted by Crippen LogP contribution is -2.43. The van der Waals surface area contributed by atoms with Gasteiger partial charge in [0.05, 0.1) is 6.61 Å². The Labute approximate surface area is 124 Å². The second-order valence-electron chi connectivity index (χ2n) is 5.54. The van der Waals surface area contributed by atoms with Gasteiger partial charge >= 0.3 is 6.01 Å². The van der Waals surface area contributed by atoms with Crippen molar-refractivity contribution < 1.29 is 4.74 Å². The van der Waals surface area contributed by atoms with E-state index in [0.29, 0.717) is 36.6 Å². The maximum Gasteiger partial charge on any atom is 0.323 e. The van der Waals surface area contributed by atoms with Crippen molar-refractivity contribution >= 4 is 11.9 Å². The lowest BCUT2D eigenvalue weighted by atomic mass is 9.98. The third kappa shape index (κ3) is 3.33. The molecule has 0 saturated carbocycles. The summed E-state index contributed by atoms with van der Waals surface area (Å²) in [4.78, 5) is 15.2. The van der Waals surface area contributed by atoms with Crippen LogP contribution in [0, 0.1) is 0 Å². The van der Waals surface area contributed by atoms with Crippen molar-refractivity contribution in [3.8, 4) is 6.01 Å². The molecule has 2 saturated heterocycles. The van der Waals surface area contributed by atoms with Crippen LogP contribution in [-0.4, -0.2) is 51.6 Å². The van der Waals surface area contributed by atoms with Crippen LogP contribution in [0.4, 0.5) is 11.9 Å². The van der Waals surface area contributed by atoms with E-state index < -0.39 is 0 Å². The Morgan fingerprint density at radius 2 is 2.10 bits per heavy atom. The predicted molar refractivity (Wildman–Crippen MR) is 80.0 cm³/mol. The molecule has 1 aromatic rings. The minimum atomic E-state index is 0.293. The Morgan fingerprint density at radius 3 is 2.90 bits per heavy atom. The van der Waals surface area contributed by atoms with E-state index >= 15 is 0 Å². The molecule has 0 aromatic carbocycles. The molecule has 4 N–H and O–H groups in total. The normalized spacial score (nSPS) is 25.4. The van der Waals surface area contributed by atoms with Crippen LogP contribution in [0.1, 0.15) is 32.6 Å². The van der Waals surface area contributed by atoms with Crippen LogP contribution in [0.5, 0.6) is 6.01 Å². The molecule has 2 unspecified atom stereocenters. The number of nitrogens with one attached hydrogen (secondary N) is 2. The van der Waals surface area contributed by atoms with E-state index in [1.165, 1.54) is 19.4 Å². The number of nitrogens with two attached hydrogens (primary N) is 1. The summed E-state index contributed by atoms with van der Waals surface area (Å²) in [7, 11) is 0. The van der Waals surface area contributed by atoms with Crippen molar-refractivity contribution in [2.75, 3.05) is 30.4 Å². The van der Waals surface area contributed by atoms with Gasteiger partial charge in [0, 0.05) is 18.6 Å². The molecule has 3 heterocycles. The number of ether oxygens (including phenoxy) is 1. The number of hydrazine groups is 1. The number of hydrogen-bond donors (Lipinski definition) is 3. The van der Waals surface area contributed by atoms with Gasteiger partial charge in [0.1, 0.15) is 0 Å². The highest BCUT2D eigenvalue weighted by atomic mass is 16.5.